The number of aryl methyl sites for hydroxylation is 1. The number of rotatable bonds is 8. The Labute approximate surface area is 195 Å². The van der Waals surface area contributed by atoms with Gasteiger partial charge >= 0.3 is 0 Å². The molecule has 1 aliphatic rings. The average molecular weight is 469 g/mol. The van der Waals surface area contributed by atoms with Gasteiger partial charge in [0.05, 0.1) is 12.9 Å². The fourth-order valence-corrected chi connectivity index (χ4v) is 4.21. The second kappa shape index (κ2) is 10.0. The van der Waals surface area contributed by atoms with Crippen LogP contribution in [0.25, 0.3) is 0 Å². The minimum absolute atomic E-state index is 0.120. The predicted molar refractivity (Wildman–Crippen MR) is 126 cm³/mol. The van der Waals surface area contributed by atoms with Crippen LogP contribution >= 0.6 is 11.8 Å². The predicted octanol–water partition coefficient (Wildman–Crippen LogP) is 4.61. The molecule has 8 nitrogen and oxygen atoms in total. The molecule has 0 unspecified atom stereocenters. The van der Waals surface area contributed by atoms with Crippen LogP contribution in [0.15, 0.2) is 52.3 Å². The molecule has 33 heavy (non-hydrogen) atoms. The van der Waals surface area contributed by atoms with Crippen molar-refractivity contribution in [2.24, 2.45) is 0 Å². The highest BCUT2D eigenvalue weighted by Gasteiger charge is 2.23. The van der Waals surface area contributed by atoms with Gasteiger partial charge < -0.3 is 15.0 Å². The lowest BCUT2D eigenvalue weighted by molar-refractivity contribution is -0.116. The summed E-state index contributed by atoms with van der Waals surface area (Å²) in [5, 5.41) is 10.8. The fraction of sp³-hybridized carbons (Fsp3) is 0.304. The van der Waals surface area contributed by atoms with Crippen LogP contribution in [-0.2, 0) is 11.2 Å². The molecule has 0 saturated heterocycles. The van der Waals surface area contributed by atoms with Gasteiger partial charge in [-0.2, -0.15) is 5.10 Å². The standard InChI is InChI=1S/C23H25FN6O2S/c1-14-12-19(29-28-14)25-21-20(32-3)22(30-10-8-17(24)9-11-30)27-23(26-21)33-18-6-4-16(5-7-18)13-15(2)31/h4-8,12H,9-11,13H2,1-3H3,(H2,25,26,27,28,29). The third-order valence-electron chi connectivity index (χ3n) is 5.02. The Hall–Kier alpha value is -3.40. The summed E-state index contributed by atoms with van der Waals surface area (Å²) in [6.07, 6.45) is 2.27. The first-order chi connectivity index (χ1) is 15.9. The number of anilines is 3. The van der Waals surface area contributed by atoms with E-state index in [1.807, 2.05) is 42.2 Å². The number of nitrogens with zero attached hydrogens (tertiary/aromatic N) is 4. The van der Waals surface area contributed by atoms with Crippen LogP contribution < -0.4 is 15.0 Å². The van der Waals surface area contributed by atoms with Crippen molar-refractivity contribution in [1.82, 2.24) is 20.2 Å². The molecule has 0 atom stereocenters. The summed E-state index contributed by atoms with van der Waals surface area (Å²) >= 11 is 1.40. The number of halogens is 1. The number of carbonyl (C=O) groups is 1. The lowest BCUT2D eigenvalue weighted by Crippen LogP contribution is -2.29. The van der Waals surface area contributed by atoms with Crippen molar-refractivity contribution in [3.05, 3.63) is 53.5 Å². The number of hydrogen-bond donors (Lipinski definition) is 2. The number of carbonyl (C=O) groups excluding carboxylic acids is 1. The molecule has 10 heteroatoms. The molecule has 2 N–H and O–H groups in total. The molecule has 4 rings (SSSR count). The summed E-state index contributed by atoms with van der Waals surface area (Å²) in [6.45, 7) is 4.36. The molecule has 0 aliphatic carbocycles. The van der Waals surface area contributed by atoms with Gasteiger partial charge in [0.2, 0.25) is 5.75 Å². The van der Waals surface area contributed by atoms with Gasteiger partial charge in [0.25, 0.3) is 0 Å². The Balaban J connectivity index is 1.68. The topological polar surface area (TPSA) is 96.0 Å². The Kier molecular flexibility index (Phi) is 6.93. The van der Waals surface area contributed by atoms with E-state index in [-0.39, 0.29) is 11.6 Å². The number of H-pyrrole nitrogens is 1. The van der Waals surface area contributed by atoms with Crippen LogP contribution in [0.1, 0.15) is 24.6 Å². The summed E-state index contributed by atoms with van der Waals surface area (Å²) in [5.41, 5.74) is 1.87. The number of ketones is 1. The van der Waals surface area contributed by atoms with Gasteiger partial charge in [-0.3, -0.25) is 9.89 Å². The molecule has 172 valence electrons. The maximum Gasteiger partial charge on any atom is 0.204 e. The number of aromatic amines is 1. The largest absolute Gasteiger partial charge is 0.490 e. The highest BCUT2D eigenvalue weighted by Crippen LogP contribution is 2.38. The van der Waals surface area contributed by atoms with E-state index in [0.717, 1.165) is 16.2 Å². The molecular weight excluding hydrogens is 443 g/mol. The maximum atomic E-state index is 13.6. The fourth-order valence-electron chi connectivity index (χ4n) is 3.46. The van der Waals surface area contributed by atoms with Crippen molar-refractivity contribution in [1.29, 1.82) is 0 Å². The molecule has 0 spiro atoms. The maximum absolute atomic E-state index is 13.6. The van der Waals surface area contributed by atoms with Crippen molar-refractivity contribution < 1.29 is 13.9 Å². The minimum Gasteiger partial charge on any atom is -0.490 e. The lowest BCUT2D eigenvalue weighted by Gasteiger charge is -2.27. The molecular formula is C23H25FN6O2S. The van der Waals surface area contributed by atoms with Crippen molar-refractivity contribution >= 4 is 35.0 Å². The molecule has 0 radical (unpaired) electrons. The Bertz CT molecular complexity index is 1180. The molecule has 2 aromatic heterocycles. The Morgan fingerprint density at radius 1 is 1.30 bits per heavy atom. The van der Waals surface area contributed by atoms with Gasteiger partial charge in [-0.15, -0.1) is 0 Å². The lowest BCUT2D eigenvalue weighted by atomic mass is 10.1. The van der Waals surface area contributed by atoms with E-state index < -0.39 is 0 Å². The van der Waals surface area contributed by atoms with Crippen LogP contribution in [0.5, 0.6) is 5.75 Å². The second-order valence-electron chi connectivity index (χ2n) is 7.74. The number of methoxy groups -OCH3 is 1. The quantitative estimate of drug-likeness (QED) is 0.463. The van der Waals surface area contributed by atoms with E-state index in [2.05, 4.69) is 20.5 Å². The highest BCUT2D eigenvalue weighted by atomic mass is 32.2. The van der Waals surface area contributed by atoms with Crippen LogP contribution in [0, 0.1) is 6.92 Å². The molecule has 3 heterocycles. The third-order valence-corrected chi connectivity index (χ3v) is 5.90. The summed E-state index contributed by atoms with van der Waals surface area (Å²) in [5.74, 6) is 2.12. The Morgan fingerprint density at radius 3 is 2.70 bits per heavy atom. The minimum atomic E-state index is -0.120. The molecule has 1 aromatic carbocycles. The van der Waals surface area contributed by atoms with Crippen molar-refractivity contribution in [3.63, 3.8) is 0 Å². The van der Waals surface area contributed by atoms with E-state index in [9.17, 15) is 9.18 Å². The first kappa shape index (κ1) is 22.8. The van der Waals surface area contributed by atoms with Crippen LogP contribution in [0.4, 0.5) is 21.8 Å². The number of ether oxygens (including phenoxy) is 1. The number of nitrogens with one attached hydrogen (secondary N) is 2. The number of benzene rings is 1. The van der Waals surface area contributed by atoms with Gasteiger partial charge in [0.15, 0.2) is 22.6 Å². The highest BCUT2D eigenvalue weighted by molar-refractivity contribution is 7.99. The first-order valence-corrected chi connectivity index (χ1v) is 11.3. The van der Waals surface area contributed by atoms with E-state index in [4.69, 9.17) is 9.72 Å². The van der Waals surface area contributed by atoms with E-state index in [1.54, 1.807) is 20.1 Å². The molecule has 1 aliphatic heterocycles. The normalized spacial score (nSPS) is 13.6. The van der Waals surface area contributed by atoms with Gasteiger partial charge in [-0.25, -0.2) is 14.4 Å². The number of Topliss-reactive ketones (excluding diaryl/α,β-unsaturated/α-hetero) is 1. The average Bonchev–Trinajstić information content (AvgIpc) is 3.19. The zero-order valence-corrected chi connectivity index (χ0v) is 19.5. The van der Waals surface area contributed by atoms with E-state index in [1.165, 1.54) is 11.8 Å². The molecule has 0 amide bonds. The summed E-state index contributed by atoms with van der Waals surface area (Å²) in [4.78, 5) is 23.7. The third kappa shape index (κ3) is 5.70. The summed E-state index contributed by atoms with van der Waals surface area (Å²) < 4.78 is 19.3. The molecule has 0 saturated carbocycles. The van der Waals surface area contributed by atoms with Crippen LogP contribution in [0.2, 0.25) is 0 Å². The second-order valence-corrected chi connectivity index (χ2v) is 8.79. The van der Waals surface area contributed by atoms with Gasteiger partial charge in [0, 0.05) is 42.6 Å². The zero-order chi connectivity index (χ0) is 23.4. The number of aromatic nitrogens is 4. The zero-order valence-electron chi connectivity index (χ0n) is 18.7. The molecule has 3 aromatic rings. The van der Waals surface area contributed by atoms with E-state index >= 15 is 0 Å². The molecule has 0 fully saturated rings. The van der Waals surface area contributed by atoms with Crippen LogP contribution in [-0.4, -0.2) is 46.1 Å². The van der Waals surface area contributed by atoms with Crippen LogP contribution in [0.3, 0.4) is 0 Å². The van der Waals surface area contributed by atoms with Crippen molar-refractivity contribution in [3.8, 4) is 5.75 Å². The van der Waals surface area contributed by atoms with E-state index in [0.29, 0.717) is 54.3 Å². The smallest absolute Gasteiger partial charge is 0.204 e. The van der Waals surface area contributed by atoms with Gasteiger partial charge in [0.1, 0.15) is 5.78 Å². The monoisotopic (exact) mass is 468 g/mol. The SMILES string of the molecule is COc1c(Nc2cc(C)[nH]n2)nc(Sc2ccc(CC(C)=O)cc2)nc1N1CC=C(F)CC1. The number of hydrogen-bond acceptors (Lipinski definition) is 8. The van der Waals surface area contributed by atoms with Crippen molar-refractivity contribution in [2.75, 3.05) is 30.4 Å². The Morgan fingerprint density at radius 2 is 2.09 bits per heavy atom. The van der Waals surface area contributed by atoms with Gasteiger partial charge in [-0.05, 0) is 49.4 Å². The molecule has 0 bridgehead atoms. The first-order valence-electron chi connectivity index (χ1n) is 10.5. The summed E-state index contributed by atoms with van der Waals surface area (Å²) in [6, 6.07) is 9.61. The van der Waals surface area contributed by atoms with Gasteiger partial charge in [-0.1, -0.05) is 12.1 Å². The van der Waals surface area contributed by atoms with Crippen molar-refractivity contribution in [2.45, 2.75) is 36.7 Å². The summed E-state index contributed by atoms with van der Waals surface area (Å²) in [7, 11) is 1.56.